The molecular formula is C23H25N3O2. The van der Waals surface area contributed by atoms with Crippen LogP contribution in [0.5, 0.6) is 0 Å². The summed E-state index contributed by atoms with van der Waals surface area (Å²) in [6.07, 6.45) is 0.723. The molecule has 5 heteroatoms. The lowest BCUT2D eigenvalue weighted by molar-refractivity contribution is -0.117. The van der Waals surface area contributed by atoms with Gasteiger partial charge in [-0.3, -0.25) is 19.5 Å². The molecule has 0 bridgehead atoms. The Morgan fingerprint density at radius 3 is 2.68 bits per heavy atom. The molecule has 2 heterocycles. The van der Waals surface area contributed by atoms with Crippen LogP contribution >= 0.6 is 0 Å². The van der Waals surface area contributed by atoms with Crippen molar-refractivity contribution in [2.45, 2.75) is 27.2 Å². The summed E-state index contributed by atoms with van der Waals surface area (Å²) in [6, 6.07) is 11.8. The molecule has 4 rings (SSSR count). The van der Waals surface area contributed by atoms with Crippen LogP contribution in [0.4, 0.5) is 11.4 Å². The molecule has 2 aliphatic rings. The van der Waals surface area contributed by atoms with Crippen LogP contribution in [0.2, 0.25) is 0 Å². The number of anilines is 1. The molecule has 5 nitrogen and oxygen atoms in total. The number of likely N-dealkylation sites (tertiary alicyclic amines) is 1. The fourth-order valence-corrected chi connectivity index (χ4v) is 4.05. The second kappa shape index (κ2) is 7.32. The van der Waals surface area contributed by atoms with Crippen LogP contribution in [0.3, 0.4) is 0 Å². The average Bonchev–Trinajstić information content (AvgIpc) is 2.65. The van der Waals surface area contributed by atoms with E-state index in [-0.39, 0.29) is 24.2 Å². The van der Waals surface area contributed by atoms with Crippen LogP contribution in [-0.4, -0.2) is 41.9 Å². The molecule has 1 N–H and O–H groups in total. The first-order chi connectivity index (χ1) is 13.4. The molecule has 2 aliphatic heterocycles. The minimum absolute atomic E-state index is 0.0492. The normalized spacial score (nSPS) is 18.9. The number of Topliss-reactive ketones (excluding diaryl/α,β-unsaturated/α-hetero) is 1. The standard InChI is InChI=1S/C23H25N3O2/c1-14-4-6-19(16(3)10-14)25-22(27)13-26-9-8-21-18(12-26)23(28)17-11-15(2)5-7-20(17)24-21/h4-7,10-11,18H,8-9,12-13H2,1-3H3,(H,25,27). The van der Waals surface area contributed by atoms with Gasteiger partial charge in [-0.05, 0) is 51.0 Å². The summed E-state index contributed by atoms with van der Waals surface area (Å²) < 4.78 is 0. The second-order valence-electron chi connectivity index (χ2n) is 7.89. The van der Waals surface area contributed by atoms with Crippen molar-refractivity contribution in [2.75, 3.05) is 25.0 Å². The lowest BCUT2D eigenvalue weighted by atomic mass is 9.84. The summed E-state index contributed by atoms with van der Waals surface area (Å²) >= 11 is 0. The molecule has 1 unspecified atom stereocenters. The van der Waals surface area contributed by atoms with E-state index in [9.17, 15) is 9.59 Å². The van der Waals surface area contributed by atoms with Gasteiger partial charge in [-0.1, -0.05) is 29.3 Å². The maximum Gasteiger partial charge on any atom is 0.238 e. The van der Waals surface area contributed by atoms with Crippen molar-refractivity contribution in [2.24, 2.45) is 10.9 Å². The first kappa shape index (κ1) is 18.6. The van der Waals surface area contributed by atoms with Gasteiger partial charge in [0.1, 0.15) is 0 Å². The summed E-state index contributed by atoms with van der Waals surface area (Å²) in [5, 5.41) is 3.00. The molecule has 144 valence electrons. The minimum Gasteiger partial charge on any atom is -0.325 e. The van der Waals surface area contributed by atoms with Gasteiger partial charge < -0.3 is 5.32 Å². The van der Waals surface area contributed by atoms with Crippen molar-refractivity contribution in [3.8, 4) is 0 Å². The lowest BCUT2D eigenvalue weighted by Gasteiger charge is -2.35. The first-order valence-corrected chi connectivity index (χ1v) is 9.72. The third-order valence-electron chi connectivity index (χ3n) is 5.55. The van der Waals surface area contributed by atoms with Crippen LogP contribution in [0.1, 0.15) is 33.5 Å². The number of hydrogen-bond acceptors (Lipinski definition) is 4. The smallest absolute Gasteiger partial charge is 0.238 e. The highest BCUT2D eigenvalue weighted by Crippen LogP contribution is 2.32. The monoisotopic (exact) mass is 375 g/mol. The molecule has 0 aliphatic carbocycles. The number of fused-ring (bicyclic) bond motifs is 2. The van der Waals surface area contributed by atoms with Crippen LogP contribution < -0.4 is 5.32 Å². The van der Waals surface area contributed by atoms with Crippen molar-refractivity contribution in [1.29, 1.82) is 0 Å². The number of amides is 1. The lowest BCUT2D eigenvalue weighted by Crippen LogP contribution is -2.47. The first-order valence-electron chi connectivity index (χ1n) is 9.72. The third-order valence-corrected chi connectivity index (χ3v) is 5.55. The number of nitrogens with one attached hydrogen (secondary N) is 1. The van der Waals surface area contributed by atoms with E-state index in [1.165, 1.54) is 5.56 Å². The Kier molecular flexibility index (Phi) is 4.85. The Balaban J connectivity index is 1.44. The van der Waals surface area contributed by atoms with Gasteiger partial charge in [-0.25, -0.2) is 0 Å². The predicted molar refractivity (Wildman–Crippen MR) is 112 cm³/mol. The molecule has 2 aromatic carbocycles. The van der Waals surface area contributed by atoms with Crippen LogP contribution in [0, 0.1) is 26.7 Å². The molecule has 0 saturated carbocycles. The van der Waals surface area contributed by atoms with Crippen LogP contribution in [-0.2, 0) is 4.79 Å². The Bertz CT molecular complexity index is 993. The summed E-state index contributed by atoms with van der Waals surface area (Å²) in [5.41, 5.74) is 6.56. The highest BCUT2D eigenvalue weighted by atomic mass is 16.2. The number of rotatable bonds is 3. The van der Waals surface area contributed by atoms with E-state index in [1.807, 2.05) is 51.1 Å². The number of hydrogen-bond donors (Lipinski definition) is 1. The summed E-state index contributed by atoms with van der Waals surface area (Å²) in [7, 11) is 0. The summed E-state index contributed by atoms with van der Waals surface area (Å²) in [6.45, 7) is 7.58. The van der Waals surface area contributed by atoms with Gasteiger partial charge in [-0.2, -0.15) is 0 Å². The van der Waals surface area contributed by atoms with Crippen molar-refractivity contribution < 1.29 is 9.59 Å². The van der Waals surface area contributed by atoms with Crippen molar-refractivity contribution >= 4 is 28.8 Å². The van der Waals surface area contributed by atoms with Gasteiger partial charge in [0.05, 0.1) is 18.2 Å². The highest BCUT2D eigenvalue weighted by molar-refractivity contribution is 6.18. The molecule has 0 radical (unpaired) electrons. The molecule has 1 atom stereocenters. The summed E-state index contributed by atoms with van der Waals surface area (Å²) in [4.78, 5) is 32.3. The number of aliphatic imine (C=N–C) groups is 1. The Morgan fingerprint density at radius 1 is 1.14 bits per heavy atom. The number of ketones is 1. The number of carbonyl (C=O) groups is 2. The maximum atomic E-state index is 13.0. The fraction of sp³-hybridized carbons (Fsp3) is 0.348. The van der Waals surface area contributed by atoms with Crippen LogP contribution in [0.25, 0.3) is 0 Å². The second-order valence-corrected chi connectivity index (χ2v) is 7.89. The fourth-order valence-electron chi connectivity index (χ4n) is 4.05. The predicted octanol–water partition coefficient (Wildman–Crippen LogP) is 3.84. The topological polar surface area (TPSA) is 61.8 Å². The number of nitrogens with zero attached hydrogens (tertiary/aromatic N) is 2. The molecule has 1 amide bonds. The van der Waals surface area contributed by atoms with Crippen molar-refractivity contribution in [1.82, 2.24) is 4.90 Å². The number of carbonyl (C=O) groups excluding carboxylic acids is 2. The molecule has 0 aromatic heterocycles. The van der Waals surface area contributed by atoms with Gasteiger partial charge in [0.15, 0.2) is 5.78 Å². The quantitative estimate of drug-likeness (QED) is 0.887. The van der Waals surface area contributed by atoms with E-state index in [1.54, 1.807) is 0 Å². The minimum atomic E-state index is -0.239. The van der Waals surface area contributed by atoms with E-state index in [0.29, 0.717) is 12.1 Å². The largest absolute Gasteiger partial charge is 0.325 e. The van der Waals surface area contributed by atoms with Crippen molar-refractivity contribution in [3.63, 3.8) is 0 Å². The van der Waals surface area contributed by atoms with Gasteiger partial charge in [0.25, 0.3) is 0 Å². The zero-order valence-corrected chi connectivity index (χ0v) is 16.6. The molecular weight excluding hydrogens is 350 g/mol. The van der Waals surface area contributed by atoms with E-state index >= 15 is 0 Å². The third kappa shape index (κ3) is 3.62. The zero-order valence-electron chi connectivity index (χ0n) is 16.6. The SMILES string of the molecule is Cc1ccc(NC(=O)CN2CCC3=Nc4ccc(C)cc4C(=O)C3C2)c(C)c1. The molecule has 0 spiro atoms. The highest BCUT2D eigenvalue weighted by Gasteiger charge is 2.36. The van der Waals surface area contributed by atoms with Crippen LogP contribution in [0.15, 0.2) is 41.4 Å². The van der Waals surface area contributed by atoms with Gasteiger partial charge in [0, 0.05) is 30.1 Å². The molecule has 1 fully saturated rings. The Morgan fingerprint density at radius 2 is 1.89 bits per heavy atom. The van der Waals surface area contributed by atoms with E-state index in [2.05, 4.69) is 16.3 Å². The van der Waals surface area contributed by atoms with E-state index in [0.717, 1.165) is 41.2 Å². The van der Waals surface area contributed by atoms with E-state index in [4.69, 9.17) is 4.99 Å². The average molecular weight is 375 g/mol. The molecule has 2 aromatic rings. The van der Waals surface area contributed by atoms with Gasteiger partial charge in [0.2, 0.25) is 5.91 Å². The molecule has 1 saturated heterocycles. The van der Waals surface area contributed by atoms with Gasteiger partial charge >= 0.3 is 0 Å². The molecule has 28 heavy (non-hydrogen) atoms. The zero-order chi connectivity index (χ0) is 19.8. The number of aryl methyl sites for hydroxylation is 3. The summed E-state index contributed by atoms with van der Waals surface area (Å²) in [5.74, 6) is -0.160. The number of piperidine rings is 1. The number of benzene rings is 2. The van der Waals surface area contributed by atoms with Crippen molar-refractivity contribution in [3.05, 3.63) is 58.7 Å². The Hall–Kier alpha value is -2.79. The Labute approximate surface area is 165 Å². The van der Waals surface area contributed by atoms with Gasteiger partial charge in [-0.15, -0.1) is 0 Å². The maximum absolute atomic E-state index is 13.0. The van der Waals surface area contributed by atoms with E-state index < -0.39 is 0 Å².